The molecule has 1 aliphatic rings. The lowest BCUT2D eigenvalue weighted by Gasteiger charge is -2.10. The second kappa shape index (κ2) is 8.29. The van der Waals surface area contributed by atoms with E-state index < -0.39 is 14.9 Å². The first-order valence-electron chi connectivity index (χ1n) is 8.49. The SMILES string of the molecule is Cc1ccc(OS(=O)(=O)c2ccc(Br)cc2)c(C=N/N=C2/NC(=O)C(C)(C)S2)c1. The Hall–Kier alpha value is -2.17. The number of halogens is 1. The zero-order valence-corrected chi connectivity index (χ0v) is 19.1. The molecule has 152 valence electrons. The quantitative estimate of drug-likeness (QED) is 0.385. The Morgan fingerprint density at radius 2 is 1.86 bits per heavy atom. The molecule has 2 aromatic rings. The normalized spacial score (nSPS) is 17.7. The number of amides is 1. The molecule has 1 amide bonds. The van der Waals surface area contributed by atoms with Crippen LogP contribution in [-0.4, -0.2) is 30.5 Å². The number of hydrogen-bond acceptors (Lipinski definition) is 7. The molecule has 1 fully saturated rings. The lowest BCUT2D eigenvalue weighted by Crippen LogP contribution is -2.30. The van der Waals surface area contributed by atoms with E-state index in [0.29, 0.717) is 10.7 Å². The van der Waals surface area contributed by atoms with Gasteiger partial charge in [-0.05, 0) is 57.2 Å². The molecular formula is C19H18BrN3O4S2. The van der Waals surface area contributed by atoms with Crippen LogP contribution in [0.2, 0.25) is 0 Å². The highest BCUT2D eigenvalue weighted by Crippen LogP contribution is 2.30. The van der Waals surface area contributed by atoms with E-state index in [0.717, 1.165) is 10.0 Å². The number of carbonyl (C=O) groups excluding carboxylic acids is 1. The van der Waals surface area contributed by atoms with Crippen molar-refractivity contribution in [1.82, 2.24) is 5.32 Å². The fourth-order valence-electron chi connectivity index (χ4n) is 2.36. The van der Waals surface area contributed by atoms with Crippen molar-refractivity contribution in [3.8, 4) is 5.75 Å². The Kier molecular flexibility index (Phi) is 6.16. The standard InChI is InChI=1S/C19H18BrN3O4S2/c1-12-4-9-16(27-29(25,26)15-7-5-14(20)6-8-15)13(10-12)11-21-23-18-22-17(24)19(2,3)28-18/h4-11H,1-3H3,(H,22,23,24). The number of carbonyl (C=O) groups is 1. The Morgan fingerprint density at radius 1 is 1.17 bits per heavy atom. The molecule has 2 aromatic carbocycles. The first kappa shape index (κ1) is 21.5. The minimum Gasteiger partial charge on any atom is -0.378 e. The van der Waals surface area contributed by atoms with E-state index in [1.54, 1.807) is 44.2 Å². The minimum atomic E-state index is -4.01. The molecule has 1 aliphatic heterocycles. The summed E-state index contributed by atoms with van der Waals surface area (Å²) in [5.74, 6) is -0.0115. The van der Waals surface area contributed by atoms with Crippen molar-refractivity contribution in [1.29, 1.82) is 0 Å². The third-order valence-electron chi connectivity index (χ3n) is 3.93. The topological polar surface area (TPSA) is 97.2 Å². The Balaban J connectivity index is 1.85. The van der Waals surface area contributed by atoms with Crippen LogP contribution in [-0.2, 0) is 14.9 Å². The van der Waals surface area contributed by atoms with Gasteiger partial charge in [0, 0.05) is 10.0 Å². The molecule has 3 rings (SSSR count). The molecule has 0 aromatic heterocycles. The van der Waals surface area contributed by atoms with Gasteiger partial charge in [0.1, 0.15) is 4.90 Å². The van der Waals surface area contributed by atoms with Gasteiger partial charge >= 0.3 is 10.1 Å². The Bertz CT molecular complexity index is 1110. The van der Waals surface area contributed by atoms with E-state index in [1.165, 1.54) is 30.1 Å². The molecule has 1 saturated heterocycles. The maximum Gasteiger partial charge on any atom is 0.339 e. The molecule has 0 saturated carbocycles. The number of thioether (sulfide) groups is 1. The van der Waals surface area contributed by atoms with Crippen molar-refractivity contribution in [3.05, 3.63) is 58.1 Å². The summed E-state index contributed by atoms with van der Waals surface area (Å²) in [5, 5.41) is 11.0. The summed E-state index contributed by atoms with van der Waals surface area (Å²) in [7, 11) is -4.01. The molecule has 1 heterocycles. The second-order valence-corrected chi connectivity index (χ2v) is 10.8. The summed E-state index contributed by atoms with van der Waals surface area (Å²) in [6.07, 6.45) is 1.39. The predicted octanol–water partition coefficient (Wildman–Crippen LogP) is 3.86. The summed E-state index contributed by atoms with van der Waals surface area (Å²) < 4.78 is 30.6. The van der Waals surface area contributed by atoms with Gasteiger partial charge in [-0.3, -0.25) is 4.79 Å². The van der Waals surface area contributed by atoms with Crippen LogP contribution < -0.4 is 9.50 Å². The Labute approximate surface area is 181 Å². The summed E-state index contributed by atoms with van der Waals surface area (Å²) in [5.41, 5.74) is 1.35. The molecule has 0 unspecified atom stereocenters. The van der Waals surface area contributed by atoms with Crippen LogP contribution in [0, 0.1) is 6.92 Å². The summed E-state index contributed by atoms with van der Waals surface area (Å²) in [4.78, 5) is 11.8. The van der Waals surface area contributed by atoms with Gasteiger partial charge in [0.2, 0.25) is 5.91 Å². The average Bonchev–Trinajstić information content (AvgIpc) is 2.89. The fourth-order valence-corrected chi connectivity index (χ4v) is 4.44. The number of rotatable bonds is 5. The van der Waals surface area contributed by atoms with E-state index in [9.17, 15) is 13.2 Å². The van der Waals surface area contributed by atoms with Crippen molar-refractivity contribution in [3.63, 3.8) is 0 Å². The first-order chi connectivity index (χ1) is 13.6. The molecule has 0 spiro atoms. The van der Waals surface area contributed by atoms with Gasteiger partial charge in [-0.2, -0.15) is 13.5 Å². The highest BCUT2D eigenvalue weighted by Gasteiger charge is 2.38. The first-order valence-corrected chi connectivity index (χ1v) is 11.5. The molecule has 10 heteroatoms. The van der Waals surface area contributed by atoms with Gasteiger partial charge in [-0.1, -0.05) is 39.3 Å². The van der Waals surface area contributed by atoms with Gasteiger partial charge in [0.05, 0.1) is 11.0 Å². The summed E-state index contributed by atoms with van der Waals surface area (Å²) >= 11 is 4.54. The van der Waals surface area contributed by atoms with E-state index in [2.05, 4.69) is 31.4 Å². The Morgan fingerprint density at radius 3 is 2.48 bits per heavy atom. The summed E-state index contributed by atoms with van der Waals surface area (Å²) in [6.45, 7) is 5.45. The van der Waals surface area contributed by atoms with Crippen LogP contribution in [0.25, 0.3) is 0 Å². The van der Waals surface area contributed by atoms with E-state index in [-0.39, 0.29) is 16.6 Å². The van der Waals surface area contributed by atoms with Crippen molar-refractivity contribution < 1.29 is 17.4 Å². The monoisotopic (exact) mass is 495 g/mol. The van der Waals surface area contributed by atoms with E-state index >= 15 is 0 Å². The molecule has 0 atom stereocenters. The van der Waals surface area contributed by atoms with Crippen LogP contribution in [0.15, 0.2) is 62.0 Å². The largest absolute Gasteiger partial charge is 0.378 e. The highest BCUT2D eigenvalue weighted by atomic mass is 79.9. The molecule has 7 nitrogen and oxygen atoms in total. The maximum absolute atomic E-state index is 12.6. The zero-order valence-electron chi connectivity index (χ0n) is 15.8. The molecular weight excluding hydrogens is 478 g/mol. The number of nitrogens with one attached hydrogen (secondary N) is 1. The molecule has 0 bridgehead atoms. The lowest BCUT2D eigenvalue weighted by molar-refractivity contribution is -0.120. The lowest BCUT2D eigenvalue weighted by atomic mass is 10.1. The molecule has 29 heavy (non-hydrogen) atoms. The zero-order chi connectivity index (χ0) is 21.2. The van der Waals surface area contributed by atoms with Crippen LogP contribution in [0.4, 0.5) is 0 Å². The molecule has 0 aliphatic carbocycles. The van der Waals surface area contributed by atoms with Crippen LogP contribution in [0.5, 0.6) is 5.75 Å². The number of hydrogen-bond donors (Lipinski definition) is 1. The highest BCUT2D eigenvalue weighted by molar-refractivity contribution is 9.10. The van der Waals surface area contributed by atoms with E-state index in [4.69, 9.17) is 4.18 Å². The van der Waals surface area contributed by atoms with Gasteiger partial charge in [0.25, 0.3) is 0 Å². The third-order valence-corrected chi connectivity index (χ3v) is 6.78. The van der Waals surface area contributed by atoms with Crippen molar-refractivity contribution in [2.24, 2.45) is 10.2 Å². The van der Waals surface area contributed by atoms with Crippen LogP contribution in [0.1, 0.15) is 25.0 Å². The van der Waals surface area contributed by atoms with Crippen molar-refractivity contribution in [2.75, 3.05) is 0 Å². The maximum atomic E-state index is 12.6. The number of amidine groups is 1. The van der Waals surface area contributed by atoms with Gasteiger partial charge in [-0.15, -0.1) is 5.10 Å². The van der Waals surface area contributed by atoms with Crippen molar-refractivity contribution in [2.45, 2.75) is 30.4 Å². The fraction of sp³-hybridized carbons (Fsp3) is 0.211. The van der Waals surface area contributed by atoms with Gasteiger partial charge in [0.15, 0.2) is 10.9 Å². The number of benzene rings is 2. The minimum absolute atomic E-state index is 0.0386. The summed E-state index contributed by atoms with van der Waals surface area (Å²) in [6, 6.07) is 11.2. The number of nitrogens with zero attached hydrogens (tertiary/aromatic N) is 2. The number of aryl methyl sites for hydroxylation is 1. The van der Waals surface area contributed by atoms with Crippen LogP contribution in [0.3, 0.4) is 0 Å². The molecule has 1 N–H and O–H groups in total. The van der Waals surface area contributed by atoms with Gasteiger partial charge < -0.3 is 9.50 Å². The van der Waals surface area contributed by atoms with Gasteiger partial charge in [-0.25, -0.2) is 0 Å². The molecule has 0 radical (unpaired) electrons. The third kappa shape index (κ3) is 5.26. The average molecular weight is 496 g/mol. The smallest absolute Gasteiger partial charge is 0.339 e. The van der Waals surface area contributed by atoms with E-state index in [1.807, 2.05) is 6.92 Å². The van der Waals surface area contributed by atoms with Crippen molar-refractivity contribution >= 4 is 55.1 Å². The van der Waals surface area contributed by atoms with Crippen LogP contribution >= 0.6 is 27.7 Å². The second-order valence-electron chi connectivity index (χ2n) is 6.75. The predicted molar refractivity (Wildman–Crippen MR) is 118 cm³/mol.